The van der Waals surface area contributed by atoms with E-state index in [1.807, 2.05) is 6.07 Å². The summed E-state index contributed by atoms with van der Waals surface area (Å²) in [5.74, 6) is 0. The van der Waals surface area contributed by atoms with E-state index in [0.29, 0.717) is 0 Å². The Bertz CT molecular complexity index is 541. The van der Waals surface area contributed by atoms with E-state index in [1.165, 1.54) is 12.8 Å². The van der Waals surface area contributed by atoms with Gasteiger partial charge in [-0.3, -0.25) is 9.08 Å². The Morgan fingerprint density at radius 1 is 1.00 bits per heavy atom. The van der Waals surface area contributed by atoms with Crippen LogP contribution in [0.4, 0.5) is 0 Å². The highest BCUT2D eigenvalue weighted by molar-refractivity contribution is 7.86. The molecule has 0 N–H and O–H groups in total. The summed E-state index contributed by atoms with van der Waals surface area (Å²) in [6.45, 7) is 2.16. The van der Waals surface area contributed by atoms with Crippen molar-refractivity contribution in [2.75, 3.05) is 13.1 Å². The Labute approximate surface area is 120 Å². The van der Waals surface area contributed by atoms with Gasteiger partial charge in [-0.15, -0.1) is 0 Å². The summed E-state index contributed by atoms with van der Waals surface area (Å²) >= 11 is 0. The molecular weight excluding hydrogens is 274 g/mol. The van der Waals surface area contributed by atoms with Crippen LogP contribution in [0.5, 0.6) is 0 Å². The second-order valence-electron chi connectivity index (χ2n) is 5.64. The van der Waals surface area contributed by atoms with Gasteiger partial charge in [-0.1, -0.05) is 24.6 Å². The summed E-state index contributed by atoms with van der Waals surface area (Å²) in [6, 6.07) is 8.72. The smallest absolute Gasteiger partial charge is 0.297 e. The quantitative estimate of drug-likeness (QED) is 0.803. The summed E-state index contributed by atoms with van der Waals surface area (Å²) < 4.78 is 30.2. The SMILES string of the molecule is O=S(=O)(O[C@@H]1CCCN2CCCC[C@H]12)c1ccccc1. The van der Waals surface area contributed by atoms with E-state index in [9.17, 15) is 8.42 Å². The van der Waals surface area contributed by atoms with Crippen molar-refractivity contribution in [3.63, 3.8) is 0 Å². The van der Waals surface area contributed by atoms with Gasteiger partial charge in [-0.05, 0) is 50.9 Å². The molecule has 2 heterocycles. The van der Waals surface area contributed by atoms with Crippen LogP contribution in [-0.2, 0) is 14.3 Å². The molecule has 1 aromatic rings. The second-order valence-corrected chi connectivity index (χ2v) is 7.22. The van der Waals surface area contributed by atoms with Gasteiger partial charge in [0.15, 0.2) is 0 Å². The number of hydrogen-bond donors (Lipinski definition) is 0. The molecule has 0 unspecified atom stereocenters. The molecule has 2 aliphatic rings. The molecule has 0 aliphatic carbocycles. The fourth-order valence-corrected chi connectivity index (χ4v) is 4.47. The third-order valence-electron chi connectivity index (χ3n) is 4.31. The molecule has 2 fully saturated rings. The van der Waals surface area contributed by atoms with E-state index < -0.39 is 10.1 Å². The Hall–Kier alpha value is -0.910. The Morgan fingerprint density at radius 2 is 1.75 bits per heavy atom. The predicted octanol–water partition coefficient (Wildman–Crippen LogP) is 2.41. The van der Waals surface area contributed by atoms with Gasteiger partial charge in [0.25, 0.3) is 10.1 Å². The molecule has 2 saturated heterocycles. The number of fused-ring (bicyclic) bond motifs is 1. The monoisotopic (exact) mass is 295 g/mol. The van der Waals surface area contributed by atoms with Crippen molar-refractivity contribution in [2.24, 2.45) is 0 Å². The van der Waals surface area contributed by atoms with Crippen molar-refractivity contribution in [1.82, 2.24) is 4.90 Å². The lowest BCUT2D eigenvalue weighted by Gasteiger charge is -2.43. The topological polar surface area (TPSA) is 46.6 Å². The van der Waals surface area contributed by atoms with E-state index in [0.717, 1.165) is 32.4 Å². The zero-order valence-corrected chi connectivity index (χ0v) is 12.4. The summed E-state index contributed by atoms with van der Waals surface area (Å²) in [5.41, 5.74) is 0. The predicted molar refractivity (Wildman–Crippen MR) is 76.9 cm³/mol. The molecule has 3 rings (SSSR count). The highest BCUT2D eigenvalue weighted by Crippen LogP contribution is 2.30. The van der Waals surface area contributed by atoms with Gasteiger partial charge in [0.05, 0.1) is 11.0 Å². The summed E-state index contributed by atoms with van der Waals surface area (Å²) in [6.07, 6.45) is 5.11. The lowest BCUT2D eigenvalue weighted by atomic mass is 9.91. The molecule has 110 valence electrons. The van der Waals surface area contributed by atoms with E-state index >= 15 is 0 Å². The summed E-state index contributed by atoms with van der Waals surface area (Å²) in [5, 5.41) is 0. The van der Waals surface area contributed by atoms with E-state index in [1.54, 1.807) is 24.3 Å². The minimum atomic E-state index is -3.64. The number of rotatable bonds is 3. The van der Waals surface area contributed by atoms with Crippen molar-refractivity contribution in [2.45, 2.75) is 49.1 Å². The minimum Gasteiger partial charge on any atom is -0.298 e. The molecule has 5 heteroatoms. The summed E-state index contributed by atoms with van der Waals surface area (Å²) in [4.78, 5) is 2.66. The van der Waals surface area contributed by atoms with Crippen LogP contribution >= 0.6 is 0 Å². The first-order chi connectivity index (χ1) is 9.67. The van der Waals surface area contributed by atoms with Crippen LogP contribution in [0.2, 0.25) is 0 Å². The average molecular weight is 295 g/mol. The van der Waals surface area contributed by atoms with Crippen molar-refractivity contribution in [3.05, 3.63) is 30.3 Å². The minimum absolute atomic E-state index is 0.186. The number of piperidine rings is 2. The average Bonchev–Trinajstić information content (AvgIpc) is 2.48. The maximum atomic E-state index is 12.3. The first kappa shape index (κ1) is 14.0. The molecule has 20 heavy (non-hydrogen) atoms. The molecule has 2 aliphatic heterocycles. The molecule has 0 spiro atoms. The molecule has 0 aromatic heterocycles. The number of hydrogen-bond acceptors (Lipinski definition) is 4. The van der Waals surface area contributed by atoms with Crippen LogP contribution in [0, 0.1) is 0 Å². The third-order valence-corrected chi connectivity index (χ3v) is 5.66. The van der Waals surface area contributed by atoms with E-state index in [4.69, 9.17) is 4.18 Å². The third kappa shape index (κ3) is 2.90. The van der Waals surface area contributed by atoms with E-state index in [-0.39, 0.29) is 17.0 Å². The largest absolute Gasteiger partial charge is 0.298 e. The van der Waals surface area contributed by atoms with Crippen LogP contribution in [0.15, 0.2) is 35.2 Å². The first-order valence-electron chi connectivity index (χ1n) is 7.39. The normalized spacial score (nSPS) is 28.0. The fraction of sp³-hybridized carbons (Fsp3) is 0.600. The molecule has 2 atom stereocenters. The van der Waals surface area contributed by atoms with Crippen LogP contribution < -0.4 is 0 Å². The first-order valence-corrected chi connectivity index (χ1v) is 8.80. The van der Waals surface area contributed by atoms with Crippen LogP contribution in [0.1, 0.15) is 32.1 Å². The molecule has 0 saturated carbocycles. The molecule has 4 nitrogen and oxygen atoms in total. The fourth-order valence-electron chi connectivity index (χ4n) is 3.32. The van der Waals surface area contributed by atoms with Gasteiger partial charge in [-0.2, -0.15) is 8.42 Å². The van der Waals surface area contributed by atoms with Crippen LogP contribution in [0.3, 0.4) is 0 Å². The highest BCUT2D eigenvalue weighted by Gasteiger charge is 2.36. The maximum absolute atomic E-state index is 12.3. The van der Waals surface area contributed by atoms with Gasteiger partial charge in [0.2, 0.25) is 0 Å². The number of nitrogens with zero attached hydrogens (tertiary/aromatic N) is 1. The molecule has 1 aromatic carbocycles. The van der Waals surface area contributed by atoms with Crippen molar-refractivity contribution in [3.8, 4) is 0 Å². The van der Waals surface area contributed by atoms with Crippen LogP contribution in [0.25, 0.3) is 0 Å². The van der Waals surface area contributed by atoms with Crippen molar-refractivity contribution in [1.29, 1.82) is 0 Å². The highest BCUT2D eigenvalue weighted by atomic mass is 32.2. The Morgan fingerprint density at radius 3 is 2.55 bits per heavy atom. The summed E-state index contributed by atoms with van der Waals surface area (Å²) in [7, 11) is -3.64. The van der Waals surface area contributed by atoms with Gasteiger partial charge >= 0.3 is 0 Å². The van der Waals surface area contributed by atoms with Crippen LogP contribution in [-0.4, -0.2) is 38.6 Å². The van der Waals surface area contributed by atoms with Gasteiger partial charge in [0.1, 0.15) is 0 Å². The standard InChI is InChI=1S/C15H21NO3S/c17-20(18,13-7-2-1-3-8-13)19-15-10-6-12-16-11-5-4-9-14(15)16/h1-3,7-8,14-15H,4-6,9-12H2/t14-,15-/m1/s1. The lowest BCUT2D eigenvalue weighted by Crippen LogP contribution is -2.51. The van der Waals surface area contributed by atoms with Gasteiger partial charge < -0.3 is 0 Å². The van der Waals surface area contributed by atoms with Gasteiger partial charge in [-0.25, -0.2) is 0 Å². The molecular formula is C15H21NO3S. The van der Waals surface area contributed by atoms with Crippen molar-refractivity contribution >= 4 is 10.1 Å². The Kier molecular flexibility index (Phi) is 4.10. The molecule has 0 bridgehead atoms. The molecule has 0 radical (unpaired) electrons. The van der Waals surface area contributed by atoms with E-state index in [2.05, 4.69) is 4.90 Å². The zero-order valence-electron chi connectivity index (χ0n) is 11.6. The maximum Gasteiger partial charge on any atom is 0.297 e. The van der Waals surface area contributed by atoms with Crippen molar-refractivity contribution < 1.29 is 12.6 Å². The zero-order chi connectivity index (χ0) is 14.0. The van der Waals surface area contributed by atoms with Gasteiger partial charge in [0, 0.05) is 6.04 Å². The second kappa shape index (κ2) is 5.84. The molecule has 0 amide bonds. The Balaban J connectivity index is 1.76. The number of benzene rings is 1. The lowest BCUT2D eigenvalue weighted by molar-refractivity contribution is 0.00891.